The molecule has 192 valence electrons. The molecule has 0 saturated carbocycles. The van der Waals surface area contributed by atoms with Crippen molar-refractivity contribution in [2.75, 3.05) is 6.54 Å². The minimum Gasteiger partial charge on any atom is -0.480 e. The van der Waals surface area contributed by atoms with E-state index in [1.165, 1.54) is 6.92 Å². The van der Waals surface area contributed by atoms with Crippen LogP contribution in [0.5, 0.6) is 0 Å². The number of nitrogens with two attached hydrogens (primary N) is 2. The molecule has 6 atom stereocenters. The molecule has 0 saturated heterocycles. The van der Waals surface area contributed by atoms with Crippen LogP contribution in [0, 0.1) is 11.8 Å². The SMILES string of the molecule is CCC(C)C(NC(=O)C(CC(C)C)NC(=O)C(NC(=O)C(N)CCCCN)C(C)O)C(=O)O. The highest BCUT2D eigenvalue weighted by Gasteiger charge is 2.33. The van der Waals surface area contributed by atoms with E-state index < -0.39 is 54.0 Å². The first-order valence-corrected chi connectivity index (χ1v) is 11.6. The number of aliphatic carboxylic acids is 1. The summed E-state index contributed by atoms with van der Waals surface area (Å²) in [7, 11) is 0. The van der Waals surface area contributed by atoms with Crippen molar-refractivity contribution in [1.29, 1.82) is 0 Å². The largest absolute Gasteiger partial charge is 0.480 e. The van der Waals surface area contributed by atoms with Gasteiger partial charge in [-0.15, -0.1) is 0 Å². The fourth-order valence-corrected chi connectivity index (χ4v) is 3.21. The van der Waals surface area contributed by atoms with Crippen LogP contribution in [0.4, 0.5) is 0 Å². The van der Waals surface area contributed by atoms with E-state index in [1.807, 2.05) is 20.8 Å². The molecule has 3 amide bonds. The lowest BCUT2D eigenvalue weighted by molar-refractivity contribution is -0.144. The summed E-state index contributed by atoms with van der Waals surface area (Å²) in [4.78, 5) is 49.7. The van der Waals surface area contributed by atoms with Gasteiger partial charge in [-0.05, 0) is 44.6 Å². The lowest BCUT2D eigenvalue weighted by Gasteiger charge is -2.28. The van der Waals surface area contributed by atoms with Gasteiger partial charge in [0.2, 0.25) is 17.7 Å². The van der Waals surface area contributed by atoms with Crippen LogP contribution < -0.4 is 27.4 Å². The van der Waals surface area contributed by atoms with Gasteiger partial charge in [0, 0.05) is 0 Å². The van der Waals surface area contributed by atoms with Crippen molar-refractivity contribution >= 4 is 23.7 Å². The second-order valence-corrected chi connectivity index (χ2v) is 9.02. The predicted octanol–water partition coefficient (Wildman–Crippen LogP) is -0.545. The van der Waals surface area contributed by atoms with Gasteiger partial charge in [-0.3, -0.25) is 14.4 Å². The van der Waals surface area contributed by atoms with Crippen LogP contribution in [0.1, 0.15) is 66.7 Å². The molecule has 11 nitrogen and oxygen atoms in total. The molecule has 0 heterocycles. The molecule has 0 aromatic rings. The molecule has 6 unspecified atom stereocenters. The molecule has 0 bridgehead atoms. The highest BCUT2D eigenvalue weighted by atomic mass is 16.4. The Morgan fingerprint density at radius 3 is 1.91 bits per heavy atom. The van der Waals surface area contributed by atoms with Crippen LogP contribution >= 0.6 is 0 Å². The summed E-state index contributed by atoms with van der Waals surface area (Å²) >= 11 is 0. The summed E-state index contributed by atoms with van der Waals surface area (Å²) < 4.78 is 0. The zero-order chi connectivity index (χ0) is 25.7. The van der Waals surface area contributed by atoms with Crippen LogP contribution in [-0.2, 0) is 19.2 Å². The number of unbranched alkanes of at least 4 members (excludes halogenated alkanes) is 1. The van der Waals surface area contributed by atoms with E-state index in [2.05, 4.69) is 16.0 Å². The van der Waals surface area contributed by atoms with Crippen molar-refractivity contribution in [3.05, 3.63) is 0 Å². The molecular weight excluding hydrogens is 430 g/mol. The summed E-state index contributed by atoms with van der Waals surface area (Å²) in [5.41, 5.74) is 11.3. The normalized spacial score (nSPS) is 16.8. The molecule has 0 spiro atoms. The van der Waals surface area contributed by atoms with Gasteiger partial charge in [0.1, 0.15) is 18.1 Å². The number of carbonyl (C=O) groups excluding carboxylic acids is 3. The Morgan fingerprint density at radius 1 is 0.879 bits per heavy atom. The quantitative estimate of drug-likeness (QED) is 0.145. The monoisotopic (exact) mass is 473 g/mol. The van der Waals surface area contributed by atoms with Crippen molar-refractivity contribution in [2.45, 2.75) is 97.0 Å². The third-order valence-corrected chi connectivity index (χ3v) is 5.49. The van der Waals surface area contributed by atoms with E-state index in [4.69, 9.17) is 11.5 Å². The first kappa shape index (κ1) is 30.8. The van der Waals surface area contributed by atoms with Crippen LogP contribution in [-0.4, -0.2) is 70.7 Å². The van der Waals surface area contributed by atoms with Gasteiger partial charge in [-0.25, -0.2) is 4.79 Å². The number of rotatable bonds is 16. The Hall–Kier alpha value is -2.24. The van der Waals surface area contributed by atoms with E-state index in [0.29, 0.717) is 32.2 Å². The minimum absolute atomic E-state index is 0.00323. The van der Waals surface area contributed by atoms with Crippen molar-refractivity contribution in [3.63, 3.8) is 0 Å². The summed E-state index contributed by atoms with van der Waals surface area (Å²) in [6.45, 7) is 9.05. The number of aliphatic hydroxyl groups excluding tert-OH is 1. The Morgan fingerprint density at radius 2 is 1.45 bits per heavy atom. The molecule has 9 N–H and O–H groups in total. The number of aliphatic hydroxyl groups is 1. The zero-order valence-electron chi connectivity index (χ0n) is 20.5. The van der Waals surface area contributed by atoms with Crippen LogP contribution in [0.25, 0.3) is 0 Å². The van der Waals surface area contributed by atoms with Gasteiger partial charge in [0.15, 0.2) is 0 Å². The topological polar surface area (TPSA) is 197 Å². The van der Waals surface area contributed by atoms with E-state index in [1.54, 1.807) is 6.92 Å². The lowest BCUT2D eigenvalue weighted by Crippen LogP contribution is -2.60. The summed E-state index contributed by atoms with van der Waals surface area (Å²) in [6, 6.07) is -4.34. The van der Waals surface area contributed by atoms with Crippen molar-refractivity contribution in [3.8, 4) is 0 Å². The van der Waals surface area contributed by atoms with Crippen molar-refractivity contribution in [1.82, 2.24) is 16.0 Å². The lowest BCUT2D eigenvalue weighted by atomic mass is 9.97. The van der Waals surface area contributed by atoms with Gasteiger partial charge in [-0.2, -0.15) is 0 Å². The fourth-order valence-electron chi connectivity index (χ4n) is 3.21. The highest BCUT2D eigenvalue weighted by Crippen LogP contribution is 2.11. The number of hydrogen-bond donors (Lipinski definition) is 7. The number of hydrogen-bond acceptors (Lipinski definition) is 7. The van der Waals surface area contributed by atoms with Gasteiger partial charge < -0.3 is 37.6 Å². The van der Waals surface area contributed by atoms with Crippen LogP contribution in [0.2, 0.25) is 0 Å². The Labute approximate surface area is 196 Å². The zero-order valence-corrected chi connectivity index (χ0v) is 20.5. The first-order valence-electron chi connectivity index (χ1n) is 11.6. The molecule has 0 aliphatic carbocycles. The highest BCUT2D eigenvalue weighted by molar-refractivity contribution is 5.94. The summed E-state index contributed by atoms with van der Waals surface area (Å²) in [6.07, 6.45) is 1.26. The Kier molecular flexibility index (Phi) is 14.5. The van der Waals surface area contributed by atoms with E-state index >= 15 is 0 Å². The maximum Gasteiger partial charge on any atom is 0.326 e. The standard InChI is InChI=1S/C22H43N5O6/c1-6-13(4)17(22(32)33)26-20(30)16(11-12(2)3)25-21(31)18(14(5)28)27-19(29)15(24)9-7-8-10-23/h12-18,28H,6-11,23-24H2,1-5H3,(H,25,31)(H,26,30)(H,27,29)(H,32,33). The fraction of sp³-hybridized carbons (Fsp3) is 0.818. The second kappa shape index (κ2) is 15.6. The molecule has 11 heteroatoms. The van der Waals surface area contributed by atoms with E-state index in [-0.39, 0.29) is 18.3 Å². The van der Waals surface area contributed by atoms with Crippen molar-refractivity contribution in [2.24, 2.45) is 23.3 Å². The van der Waals surface area contributed by atoms with Crippen molar-refractivity contribution < 1.29 is 29.4 Å². The second-order valence-electron chi connectivity index (χ2n) is 9.02. The molecule has 33 heavy (non-hydrogen) atoms. The Balaban J connectivity index is 5.39. The maximum absolute atomic E-state index is 12.9. The van der Waals surface area contributed by atoms with E-state index in [0.717, 1.165) is 0 Å². The number of carboxylic acids is 1. The average molecular weight is 474 g/mol. The molecule has 0 aromatic carbocycles. The van der Waals surface area contributed by atoms with Crippen LogP contribution in [0.3, 0.4) is 0 Å². The molecule has 0 fully saturated rings. The maximum atomic E-state index is 12.9. The number of carbonyl (C=O) groups is 4. The van der Waals surface area contributed by atoms with Gasteiger partial charge in [0.05, 0.1) is 12.1 Å². The predicted molar refractivity (Wildman–Crippen MR) is 125 cm³/mol. The van der Waals surface area contributed by atoms with Gasteiger partial charge >= 0.3 is 5.97 Å². The van der Waals surface area contributed by atoms with Gasteiger partial charge in [0.25, 0.3) is 0 Å². The molecule has 0 radical (unpaired) electrons. The molecule has 0 rings (SSSR count). The first-order chi connectivity index (χ1) is 15.3. The summed E-state index contributed by atoms with van der Waals surface area (Å²) in [5, 5.41) is 27.0. The third-order valence-electron chi connectivity index (χ3n) is 5.49. The number of carboxylic acid groups (broad SMARTS) is 1. The number of amides is 3. The van der Waals surface area contributed by atoms with Crippen LogP contribution in [0.15, 0.2) is 0 Å². The average Bonchev–Trinajstić information content (AvgIpc) is 2.73. The number of nitrogens with one attached hydrogen (secondary N) is 3. The molecule has 0 aromatic heterocycles. The van der Waals surface area contributed by atoms with E-state index in [9.17, 15) is 29.4 Å². The Bertz CT molecular complexity index is 643. The molecule has 0 aliphatic heterocycles. The third kappa shape index (κ3) is 11.4. The smallest absolute Gasteiger partial charge is 0.326 e. The summed E-state index contributed by atoms with van der Waals surface area (Å²) in [5.74, 6) is -3.47. The minimum atomic E-state index is -1.33. The molecular formula is C22H43N5O6. The van der Waals surface area contributed by atoms with Gasteiger partial charge in [-0.1, -0.05) is 40.5 Å². The molecule has 0 aliphatic rings.